The normalized spacial score (nSPS) is 20.6. The van der Waals surface area contributed by atoms with E-state index in [1.807, 2.05) is 19.4 Å². The molecule has 5 heteroatoms. The summed E-state index contributed by atoms with van der Waals surface area (Å²) in [6.07, 6.45) is 5.05. The molecule has 1 unspecified atom stereocenters. The summed E-state index contributed by atoms with van der Waals surface area (Å²) in [6, 6.07) is 0. The Labute approximate surface area is 102 Å². The number of rotatable bonds is 4. The zero-order valence-corrected chi connectivity index (χ0v) is 10.5. The van der Waals surface area contributed by atoms with Crippen molar-refractivity contribution in [2.75, 3.05) is 31.6 Å². The van der Waals surface area contributed by atoms with E-state index in [0.29, 0.717) is 6.10 Å². The highest BCUT2D eigenvalue weighted by Gasteiger charge is 2.19. The lowest BCUT2D eigenvalue weighted by Gasteiger charge is -2.33. The van der Waals surface area contributed by atoms with Crippen LogP contribution in [0.15, 0.2) is 12.4 Å². The molecule has 0 radical (unpaired) electrons. The third-order valence-electron chi connectivity index (χ3n) is 2.97. The molecule has 0 aromatic carbocycles. The molecule has 1 aliphatic rings. The minimum Gasteiger partial charge on any atom is -0.375 e. The molecule has 1 N–H and O–H groups in total. The van der Waals surface area contributed by atoms with Crippen molar-refractivity contribution in [3.8, 4) is 0 Å². The maximum atomic E-state index is 5.64. The van der Waals surface area contributed by atoms with E-state index in [4.69, 9.17) is 4.74 Å². The zero-order valence-electron chi connectivity index (χ0n) is 10.5. The second-order valence-electron chi connectivity index (χ2n) is 4.24. The maximum Gasteiger partial charge on any atom is 0.147 e. The summed E-state index contributed by atoms with van der Waals surface area (Å²) in [5.74, 6) is 0.951. The lowest BCUT2D eigenvalue weighted by atomic mass is 10.2. The molecule has 5 nitrogen and oxygen atoms in total. The summed E-state index contributed by atoms with van der Waals surface area (Å²) in [4.78, 5) is 11.1. The molecule has 1 aliphatic heterocycles. The molecule has 1 aromatic rings. The van der Waals surface area contributed by atoms with Crippen molar-refractivity contribution < 1.29 is 4.74 Å². The second kappa shape index (κ2) is 5.93. The third-order valence-corrected chi connectivity index (χ3v) is 2.97. The predicted molar refractivity (Wildman–Crippen MR) is 67.0 cm³/mol. The van der Waals surface area contributed by atoms with Gasteiger partial charge in [0.25, 0.3) is 0 Å². The first kappa shape index (κ1) is 12.3. The lowest BCUT2D eigenvalue weighted by Crippen LogP contribution is -2.42. The highest BCUT2D eigenvalue weighted by atomic mass is 16.5. The first-order valence-electron chi connectivity index (χ1n) is 6.15. The molecular weight excluding hydrogens is 216 g/mol. The SMILES string of the molecule is CCC1CN(c2cnc(CNC)cn2)CCO1. The minimum atomic E-state index is 0.322. The van der Waals surface area contributed by atoms with E-state index in [1.165, 1.54) is 0 Å². The summed E-state index contributed by atoms with van der Waals surface area (Å²) < 4.78 is 5.64. The van der Waals surface area contributed by atoms with Gasteiger partial charge in [-0.05, 0) is 13.5 Å². The predicted octanol–water partition coefficient (Wildman–Crippen LogP) is 0.811. The number of nitrogens with zero attached hydrogens (tertiary/aromatic N) is 3. The molecule has 17 heavy (non-hydrogen) atoms. The van der Waals surface area contributed by atoms with Gasteiger partial charge in [-0.15, -0.1) is 0 Å². The molecule has 2 heterocycles. The molecule has 0 amide bonds. The van der Waals surface area contributed by atoms with E-state index in [-0.39, 0.29) is 0 Å². The Morgan fingerprint density at radius 1 is 1.47 bits per heavy atom. The quantitative estimate of drug-likeness (QED) is 0.838. The van der Waals surface area contributed by atoms with Gasteiger partial charge in [-0.1, -0.05) is 6.92 Å². The van der Waals surface area contributed by atoms with E-state index in [2.05, 4.69) is 27.1 Å². The number of nitrogens with one attached hydrogen (secondary N) is 1. The van der Waals surface area contributed by atoms with Crippen molar-refractivity contribution in [1.29, 1.82) is 0 Å². The Morgan fingerprint density at radius 3 is 3.00 bits per heavy atom. The molecule has 1 aromatic heterocycles. The van der Waals surface area contributed by atoms with Gasteiger partial charge in [0.1, 0.15) is 5.82 Å². The van der Waals surface area contributed by atoms with Crippen LogP contribution in [0, 0.1) is 0 Å². The summed E-state index contributed by atoms with van der Waals surface area (Å²) in [5.41, 5.74) is 0.969. The van der Waals surface area contributed by atoms with Crippen molar-refractivity contribution in [2.45, 2.75) is 26.0 Å². The number of morpholine rings is 1. The second-order valence-corrected chi connectivity index (χ2v) is 4.24. The third kappa shape index (κ3) is 3.14. The number of hydrogen-bond acceptors (Lipinski definition) is 5. The molecule has 0 aliphatic carbocycles. The summed E-state index contributed by atoms with van der Waals surface area (Å²) >= 11 is 0. The highest BCUT2D eigenvalue weighted by Crippen LogP contribution is 2.15. The fourth-order valence-electron chi connectivity index (χ4n) is 1.96. The average Bonchev–Trinajstić information content (AvgIpc) is 2.40. The highest BCUT2D eigenvalue weighted by molar-refractivity contribution is 5.36. The van der Waals surface area contributed by atoms with E-state index >= 15 is 0 Å². The van der Waals surface area contributed by atoms with Crippen LogP contribution in [0.2, 0.25) is 0 Å². The molecule has 94 valence electrons. The van der Waals surface area contributed by atoms with Gasteiger partial charge in [-0.25, -0.2) is 4.98 Å². The van der Waals surface area contributed by atoms with E-state index in [1.54, 1.807) is 0 Å². The maximum absolute atomic E-state index is 5.64. The van der Waals surface area contributed by atoms with Crippen LogP contribution < -0.4 is 10.2 Å². The van der Waals surface area contributed by atoms with E-state index in [0.717, 1.165) is 44.2 Å². The van der Waals surface area contributed by atoms with Gasteiger partial charge in [0.2, 0.25) is 0 Å². The van der Waals surface area contributed by atoms with Crippen LogP contribution in [0.1, 0.15) is 19.0 Å². The average molecular weight is 236 g/mol. The Morgan fingerprint density at radius 2 is 2.35 bits per heavy atom. The minimum absolute atomic E-state index is 0.322. The molecular formula is C12H20N4O. The van der Waals surface area contributed by atoms with Crippen LogP contribution in [-0.4, -0.2) is 42.8 Å². The molecule has 1 atom stereocenters. The van der Waals surface area contributed by atoms with E-state index < -0.39 is 0 Å². The van der Waals surface area contributed by atoms with Gasteiger partial charge < -0.3 is 15.0 Å². The first-order valence-corrected chi connectivity index (χ1v) is 6.15. The fourth-order valence-corrected chi connectivity index (χ4v) is 1.96. The van der Waals surface area contributed by atoms with Crippen molar-refractivity contribution in [2.24, 2.45) is 0 Å². The van der Waals surface area contributed by atoms with Crippen molar-refractivity contribution in [3.05, 3.63) is 18.1 Å². The smallest absolute Gasteiger partial charge is 0.147 e. The summed E-state index contributed by atoms with van der Waals surface area (Å²) in [7, 11) is 1.91. The Balaban J connectivity index is 2.01. The molecule has 1 fully saturated rings. The summed E-state index contributed by atoms with van der Waals surface area (Å²) in [5, 5.41) is 3.06. The van der Waals surface area contributed by atoms with Gasteiger partial charge in [-0.2, -0.15) is 0 Å². The van der Waals surface area contributed by atoms with Crippen LogP contribution in [-0.2, 0) is 11.3 Å². The molecule has 0 bridgehead atoms. The molecule has 2 rings (SSSR count). The Hall–Kier alpha value is -1.20. The largest absolute Gasteiger partial charge is 0.375 e. The van der Waals surface area contributed by atoms with Gasteiger partial charge in [0.15, 0.2) is 0 Å². The number of ether oxygens (including phenoxy) is 1. The van der Waals surface area contributed by atoms with Crippen molar-refractivity contribution >= 4 is 5.82 Å². The zero-order chi connectivity index (χ0) is 12.1. The van der Waals surface area contributed by atoms with Gasteiger partial charge >= 0.3 is 0 Å². The van der Waals surface area contributed by atoms with E-state index in [9.17, 15) is 0 Å². The monoisotopic (exact) mass is 236 g/mol. The van der Waals surface area contributed by atoms with Crippen LogP contribution in [0.25, 0.3) is 0 Å². The standard InChI is InChI=1S/C12H20N4O/c1-3-11-9-16(4-5-17-11)12-8-14-10(6-13-2)7-15-12/h7-8,11,13H,3-6,9H2,1-2H3. The van der Waals surface area contributed by atoms with Crippen LogP contribution >= 0.6 is 0 Å². The van der Waals surface area contributed by atoms with Gasteiger partial charge in [0.05, 0.1) is 30.8 Å². The van der Waals surface area contributed by atoms with Gasteiger partial charge in [0, 0.05) is 19.6 Å². The van der Waals surface area contributed by atoms with Crippen molar-refractivity contribution in [3.63, 3.8) is 0 Å². The lowest BCUT2D eigenvalue weighted by molar-refractivity contribution is 0.0381. The first-order chi connectivity index (χ1) is 8.33. The molecule has 1 saturated heterocycles. The number of hydrogen-bond donors (Lipinski definition) is 1. The van der Waals surface area contributed by atoms with Crippen LogP contribution in [0.4, 0.5) is 5.82 Å². The topological polar surface area (TPSA) is 50.3 Å². The number of anilines is 1. The van der Waals surface area contributed by atoms with Crippen molar-refractivity contribution in [1.82, 2.24) is 15.3 Å². The van der Waals surface area contributed by atoms with Crippen LogP contribution in [0.5, 0.6) is 0 Å². The fraction of sp³-hybridized carbons (Fsp3) is 0.667. The number of aromatic nitrogens is 2. The Bertz CT molecular complexity index is 341. The van der Waals surface area contributed by atoms with Gasteiger partial charge in [-0.3, -0.25) is 4.98 Å². The Kier molecular flexibility index (Phi) is 4.28. The molecule has 0 spiro atoms. The molecule has 0 saturated carbocycles. The van der Waals surface area contributed by atoms with Crippen LogP contribution in [0.3, 0.4) is 0 Å². The summed E-state index contributed by atoms with van der Waals surface area (Å²) in [6.45, 7) is 5.50.